The molecule has 1 aromatic heterocycles. The molecule has 1 rings (SSSR count). The van der Waals surface area contributed by atoms with Gasteiger partial charge in [0.2, 0.25) is 5.88 Å². The number of hydrogen-bond acceptors (Lipinski definition) is 3. The van der Waals surface area contributed by atoms with E-state index in [4.69, 9.17) is 10.00 Å². The molecule has 0 aromatic carbocycles. The average molecular weight is 178 g/mol. The van der Waals surface area contributed by atoms with E-state index in [1.807, 2.05) is 26.8 Å². The van der Waals surface area contributed by atoms with Gasteiger partial charge in [0.05, 0.1) is 12.7 Å². The molecule has 3 heteroatoms. The van der Waals surface area contributed by atoms with Crippen LogP contribution >= 0.6 is 0 Å². The van der Waals surface area contributed by atoms with Gasteiger partial charge in [-0.3, -0.25) is 0 Å². The monoisotopic (exact) mass is 178 g/mol. The molecule has 0 bridgehead atoms. The van der Waals surface area contributed by atoms with Gasteiger partial charge in [-0.05, 0) is 13.0 Å². The van der Waals surface area contributed by atoms with Crippen LogP contribution in [0.1, 0.15) is 25.0 Å². The first-order valence-electron chi connectivity index (χ1n) is 4.18. The standard InChI is InChI=1S/C8H8N2O.C2H6/c1-6-3-7(4-9)5-10-8(6)11-2;1-2/h3,5H,1-2H3;1-2H3. The quantitative estimate of drug-likeness (QED) is 0.662. The molecule has 1 heterocycles. The average Bonchev–Trinajstić information content (AvgIpc) is 2.20. The zero-order valence-electron chi connectivity index (χ0n) is 8.46. The van der Waals surface area contributed by atoms with Gasteiger partial charge in [-0.25, -0.2) is 4.98 Å². The van der Waals surface area contributed by atoms with Crippen molar-refractivity contribution in [2.75, 3.05) is 7.11 Å². The summed E-state index contributed by atoms with van der Waals surface area (Å²) in [7, 11) is 1.56. The highest BCUT2D eigenvalue weighted by atomic mass is 16.5. The van der Waals surface area contributed by atoms with Crippen LogP contribution < -0.4 is 4.74 Å². The number of nitriles is 1. The van der Waals surface area contributed by atoms with Crippen molar-refractivity contribution in [3.63, 3.8) is 0 Å². The van der Waals surface area contributed by atoms with E-state index in [-0.39, 0.29) is 0 Å². The summed E-state index contributed by atoms with van der Waals surface area (Å²) < 4.78 is 4.92. The van der Waals surface area contributed by atoms with E-state index in [1.54, 1.807) is 13.2 Å². The van der Waals surface area contributed by atoms with Gasteiger partial charge in [0, 0.05) is 11.8 Å². The fraction of sp³-hybridized carbons (Fsp3) is 0.400. The second kappa shape index (κ2) is 6.01. The highest BCUT2D eigenvalue weighted by Gasteiger charge is 1.99. The molecule has 0 atom stereocenters. The molecule has 0 N–H and O–H groups in total. The van der Waals surface area contributed by atoms with Crippen LogP contribution in [0.4, 0.5) is 0 Å². The molecule has 0 unspecified atom stereocenters. The number of ether oxygens (including phenoxy) is 1. The highest BCUT2D eigenvalue weighted by Crippen LogP contribution is 2.13. The van der Waals surface area contributed by atoms with Gasteiger partial charge < -0.3 is 4.74 Å². The van der Waals surface area contributed by atoms with Crippen LogP contribution in [0.3, 0.4) is 0 Å². The summed E-state index contributed by atoms with van der Waals surface area (Å²) in [4.78, 5) is 3.92. The van der Waals surface area contributed by atoms with Gasteiger partial charge in [0.25, 0.3) is 0 Å². The van der Waals surface area contributed by atoms with Gasteiger partial charge in [0.15, 0.2) is 0 Å². The Hall–Kier alpha value is -1.56. The lowest BCUT2D eigenvalue weighted by Gasteiger charge is -2.00. The van der Waals surface area contributed by atoms with Crippen LogP contribution in [-0.4, -0.2) is 12.1 Å². The Morgan fingerprint density at radius 1 is 1.46 bits per heavy atom. The van der Waals surface area contributed by atoms with Gasteiger partial charge in [-0.2, -0.15) is 5.26 Å². The molecule has 70 valence electrons. The van der Waals surface area contributed by atoms with E-state index in [1.165, 1.54) is 6.20 Å². The third kappa shape index (κ3) is 3.12. The first-order chi connectivity index (χ1) is 6.27. The first-order valence-corrected chi connectivity index (χ1v) is 4.18. The maximum atomic E-state index is 8.49. The minimum Gasteiger partial charge on any atom is -0.481 e. The molecule has 0 aliphatic heterocycles. The zero-order valence-corrected chi connectivity index (χ0v) is 8.46. The summed E-state index contributed by atoms with van der Waals surface area (Å²) in [5.41, 5.74) is 1.44. The SMILES string of the molecule is CC.COc1ncc(C#N)cc1C. The molecular weight excluding hydrogens is 164 g/mol. The van der Waals surface area contributed by atoms with E-state index in [0.717, 1.165) is 5.56 Å². The molecule has 0 aliphatic rings. The molecule has 0 radical (unpaired) electrons. The Balaban J connectivity index is 0.000000671. The number of aryl methyl sites for hydroxylation is 1. The summed E-state index contributed by atoms with van der Waals surface area (Å²) in [5.74, 6) is 0.573. The van der Waals surface area contributed by atoms with Gasteiger partial charge >= 0.3 is 0 Å². The number of rotatable bonds is 1. The number of aromatic nitrogens is 1. The summed E-state index contributed by atoms with van der Waals surface area (Å²) in [6, 6.07) is 3.74. The summed E-state index contributed by atoms with van der Waals surface area (Å²) in [6.45, 7) is 5.85. The largest absolute Gasteiger partial charge is 0.481 e. The molecule has 13 heavy (non-hydrogen) atoms. The van der Waals surface area contributed by atoms with E-state index in [2.05, 4.69) is 4.98 Å². The lowest BCUT2D eigenvalue weighted by Crippen LogP contribution is -1.91. The molecular formula is C10H14N2O. The van der Waals surface area contributed by atoms with Gasteiger partial charge in [-0.15, -0.1) is 0 Å². The Kier molecular flexibility index (Phi) is 5.29. The predicted molar refractivity (Wildman–Crippen MR) is 51.6 cm³/mol. The molecule has 0 fully saturated rings. The lowest BCUT2D eigenvalue weighted by atomic mass is 10.2. The molecule has 1 aromatic rings. The van der Waals surface area contributed by atoms with Crippen LogP contribution in [0.2, 0.25) is 0 Å². The van der Waals surface area contributed by atoms with E-state index in [0.29, 0.717) is 11.4 Å². The molecule has 0 saturated carbocycles. The smallest absolute Gasteiger partial charge is 0.215 e. The van der Waals surface area contributed by atoms with Gasteiger partial charge in [-0.1, -0.05) is 13.8 Å². The van der Waals surface area contributed by atoms with Crippen molar-refractivity contribution in [3.8, 4) is 11.9 Å². The fourth-order valence-electron chi connectivity index (χ4n) is 0.837. The number of nitrogens with zero attached hydrogens (tertiary/aromatic N) is 2. The van der Waals surface area contributed by atoms with Crippen molar-refractivity contribution in [3.05, 3.63) is 23.4 Å². The maximum Gasteiger partial charge on any atom is 0.215 e. The first kappa shape index (κ1) is 11.4. The van der Waals surface area contributed by atoms with Crippen molar-refractivity contribution in [2.45, 2.75) is 20.8 Å². The molecule has 0 saturated heterocycles. The third-order valence-electron chi connectivity index (χ3n) is 1.35. The summed E-state index contributed by atoms with van der Waals surface area (Å²) in [6.07, 6.45) is 1.49. The lowest BCUT2D eigenvalue weighted by molar-refractivity contribution is 0.394. The van der Waals surface area contributed by atoms with Crippen molar-refractivity contribution in [1.29, 1.82) is 5.26 Å². The van der Waals surface area contributed by atoms with Gasteiger partial charge in [0.1, 0.15) is 6.07 Å². The Bertz CT molecular complexity index is 302. The van der Waals surface area contributed by atoms with Crippen LogP contribution in [0.15, 0.2) is 12.3 Å². The number of hydrogen-bond donors (Lipinski definition) is 0. The molecule has 0 aliphatic carbocycles. The maximum absolute atomic E-state index is 8.49. The van der Waals surface area contributed by atoms with Crippen LogP contribution in [0.5, 0.6) is 5.88 Å². The number of methoxy groups -OCH3 is 1. The Labute approximate surface area is 79.0 Å². The predicted octanol–water partition coefficient (Wildman–Crippen LogP) is 2.30. The normalized spacial score (nSPS) is 7.92. The molecule has 0 spiro atoms. The third-order valence-corrected chi connectivity index (χ3v) is 1.35. The van der Waals surface area contributed by atoms with Crippen LogP contribution in [0, 0.1) is 18.3 Å². The Morgan fingerprint density at radius 2 is 2.08 bits per heavy atom. The summed E-state index contributed by atoms with van der Waals surface area (Å²) >= 11 is 0. The Morgan fingerprint density at radius 3 is 2.46 bits per heavy atom. The second-order valence-electron chi connectivity index (χ2n) is 2.16. The van der Waals surface area contributed by atoms with Crippen molar-refractivity contribution >= 4 is 0 Å². The number of pyridine rings is 1. The van der Waals surface area contributed by atoms with E-state index < -0.39 is 0 Å². The minimum atomic E-state index is 0.559. The van der Waals surface area contributed by atoms with Crippen LogP contribution in [0.25, 0.3) is 0 Å². The second-order valence-corrected chi connectivity index (χ2v) is 2.16. The molecule has 0 amide bonds. The van der Waals surface area contributed by atoms with Crippen molar-refractivity contribution in [2.24, 2.45) is 0 Å². The topological polar surface area (TPSA) is 45.9 Å². The minimum absolute atomic E-state index is 0.559. The molecule has 3 nitrogen and oxygen atoms in total. The highest BCUT2D eigenvalue weighted by molar-refractivity contribution is 5.34. The fourth-order valence-corrected chi connectivity index (χ4v) is 0.837. The van der Waals surface area contributed by atoms with E-state index >= 15 is 0 Å². The van der Waals surface area contributed by atoms with E-state index in [9.17, 15) is 0 Å². The van der Waals surface area contributed by atoms with Crippen molar-refractivity contribution < 1.29 is 4.74 Å². The van der Waals surface area contributed by atoms with Crippen LogP contribution in [-0.2, 0) is 0 Å². The zero-order chi connectivity index (χ0) is 10.3. The summed E-state index contributed by atoms with van der Waals surface area (Å²) in [5, 5.41) is 8.49. The van der Waals surface area contributed by atoms with Crippen molar-refractivity contribution in [1.82, 2.24) is 4.98 Å².